The fourth-order valence-electron chi connectivity index (χ4n) is 2.24. The average molecular weight is 430 g/mol. The van der Waals surface area contributed by atoms with Crippen molar-refractivity contribution in [1.29, 1.82) is 0 Å². The maximum absolute atomic E-state index is 11.7. The quantitative estimate of drug-likeness (QED) is 0.266. The molecule has 0 aliphatic carbocycles. The zero-order valence-electron chi connectivity index (χ0n) is 17.9. The number of hydrogen-bond acceptors (Lipinski definition) is 6. The van der Waals surface area contributed by atoms with E-state index in [4.69, 9.17) is 14.2 Å². The van der Waals surface area contributed by atoms with Gasteiger partial charge in [-0.1, -0.05) is 6.92 Å². The van der Waals surface area contributed by atoms with Crippen LogP contribution in [0.25, 0.3) is 0 Å². The molecule has 0 amide bonds. The van der Waals surface area contributed by atoms with E-state index in [0.717, 1.165) is 17.9 Å². The highest BCUT2D eigenvalue weighted by Crippen LogP contribution is 2.16. The van der Waals surface area contributed by atoms with Gasteiger partial charge in [-0.25, -0.2) is 8.42 Å². The van der Waals surface area contributed by atoms with Crippen LogP contribution in [-0.2, 0) is 19.3 Å². The van der Waals surface area contributed by atoms with Crippen LogP contribution in [0.4, 0.5) is 5.69 Å². The molecule has 0 spiro atoms. The Kier molecular flexibility index (Phi) is 12.3. The minimum Gasteiger partial charge on any atom is -0.491 e. The number of rotatable bonds is 14. The molecule has 1 rings (SSSR count). The molecular formula is C20H35N3O5S. The van der Waals surface area contributed by atoms with Crippen molar-refractivity contribution in [3.05, 3.63) is 24.3 Å². The van der Waals surface area contributed by atoms with Crippen molar-refractivity contribution in [3.63, 3.8) is 0 Å². The average Bonchev–Trinajstić information content (AvgIpc) is 2.68. The Morgan fingerprint density at radius 3 is 2.48 bits per heavy atom. The zero-order chi connectivity index (χ0) is 21.5. The van der Waals surface area contributed by atoms with Gasteiger partial charge in [0.1, 0.15) is 5.75 Å². The van der Waals surface area contributed by atoms with Crippen LogP contribution < -0.4 is 15.4 Å². The third-order valence-electron chi connectivity index (χ3n) is 3.78. The van der Waals surface area contributed by atoms with Gasteiger partial charge in [-0.15, -0.1) is 0 Å². The SMILES string of the molecule is CCS(=O)(=O)CCNC(=NCCCOCCOC)Nc1ccc(OC(C)C)cc1. The van der Waals surface area contributed by atoms with Gasteiger partial charge in [0, 0.05) is 38.2 Å². The molecule has 0 saturated heterocycles. The number of anilines is 1. The molecule has 0 aromatic heterocycles. The molecule has 0 heterocycles. The number of sulfone groups is 1. The molecule has 9 heteroatoms. The molecule has 0 fully saturated rings. The summed E-state index contributed by atoms with van der Waals surface area (Å²) in [5.74, 6) is 1.51. The van der Waals surface area contributed by atoms with E-state index in [1.165, 1.54) is 0 Å². The van der Waals surface area contributed by atoms with Gasteiger partial charge in [0.15, 0.2) is 15.8 Å². The molecule has 2 N–H and O–H groups in total. The monoisotopic (exact) mass is 429 g/mol. The lowest BCUT2D eigenvalue weighted by molar-refractivity contribution is 0.0702. The van der Waals surface area contributed by atoms with Crippen molar-refractivity contribution < 1.29 is 22.6 Å². The van der Waals surface area contributed by atoms with E-state index in [1.54, 1.807) is 14.0 Å². The summed E-state index contributed by atoms with van der Waals surface area (Å²) in [4.78, 5) is 4.51. The second-order valence-electron chi connectivity index (χ2n) is 6.67. The molecule has 0 aliphatic heterocycles. The van der Waals surface area contributed by atoms with Crippen LogP contribution in [0, 0.1) is 0 Å². The normalized spacial score (nSPS) is 12.2. The van der Waals surface area contributed by atoms with Crippen molar-refractivity contribution >= 4 is 21.5 Å². The molecular weight excluding hydrogens is 394 g/mol. The molecule has 1 aromatic carbocycles. The molecule has 0 aliphatic rings. The van der Waals surface area contributed by atoms with Crippen molar-refractivity contribution in [2.45, 2.75) is 33.3 Å². The predicted molar refractivity (Wildman–Crippen MR) is 118 cm³/mol. The largest absolute Gasteiger partial charge is 0.491 e. The number of nitrogens with one attached hydrogen (secondary N) is 2. The lowest BCUT2D eigenvalue weighted by Crippen LogP contribution is -2.35. The van der Waals surface area contributed by atoms with Gasteiger partial charge >= 0.3 is 0 Å². The van der Waals surface area contributed by atoms with E-state index in [9.17, 15) is 8.42 Å². The van der Waals surface area contributed by atoms with Crippen molar-refractivity contribution in [1.82, 2.24) is 5.32 Å². The van der Waals surface area contributed by atoms with Crippen LogP contribution in [0.1, 0.15) is 27.2 Å². The van der Waals surface area contributed by atoms with Gasteiger partial charge in [-0.2, -0.15) is 0 Å². The second-order valence-corrected chi connectivity index (χ2v) is 9.14. The molecule has 0 unspecified atom stereocenters. The van der Waals surface area contributed by atoms with Crippen LogP contribution in [-0.4, -0.2) is 72.0 Å². The number of ether oxygens (including phenoxy) is 3. The highest BCUT2D eigenvalue weighted by atomic mass is 32.2. The van der Waals surface area contributed by atoms with Gasteiger partial charge in [0.05, 0.1) is 25.1 Å². The highest BCUT2D eigenvalue weighted by Gasteiger charge is 2.08. The molecule has 0 atom stereocenters. The molecule has 29 heavy (non-hydrogen) atoms. The first-order chi connectivity index (χ1) is 13.9. The van der Waals surface area contributed by atoms with E-state index in [1.807, 2.05) is 38.1 Å². The number of hydrogen-bond donors (Lipinski definition) is 2. The Labute approximate surface area is 175 Å². The third-order valence-corrected chi connectivity index (χ3v) is 5.49. The molecule has 166 valence electrons. The van der Waals surface area contributed by atoms with Gasteiger partial charge in [0.2, 0.25) is 0 Å². The molecule has 0 saturated carbocycles. The molecule has 1 aromatic rings. The Bertz CT molecular complexity index is 691. The number of benzene rings is 1. The fourth-order valence-corrected chi connectivity index (χ4v) is 2.94. The van der Waals surface area contributed by atoms with Crippen LogP contribution in [0.2, 0.25) is 0 Å². The molecule has 8 nitrogen and oxygen atoms in total. The predicted octanol–water partition coefficient (Wildman–Crippen LogP) is 2.32. The summed E-state index contributed by atoms with van der Waals surface area (Å²) >= 11 is 0. The summed E-state index contributed by atoms with van der Waals surface area (Å²) in [5, 5.41) is 6.29. The van der Waals surface area contributed by atoms with E-state index in [2.05, 4.69) is 15.6 Å². The first-order valence-corrected chi connectivity index (χ1v) is 11.8. The summed E-state index contributed by atoms with van der Waals surface area (Å²) in [6.45, 7) is 8.16. The van der Waals surface area contributed by atoms with E-state index < -0.39 is 9.84 Å². The first-order valence-electron chi connectivity index (χ1n) is 9.95. The summed E-state index contributed by atoms with van der Waals surface area (Å²) in [7, 11) is -1.40. The standard InChI is InChI=1S/C20H35N3O5S/c1-5-29(24,25)16-12-22-20(21-11-6-13-27-15-14-26-4)23-18-7-9-19(10-8-18)28-17(2)3/h7-10,17H,5-6,11-16H2,1-4H3,(H2,21,22,23). The number of guanidine groups is 1. The van der Waals surface area contributed by atoms with Crippen LogP contribution >= 0.6 is 0 Å². The number of methoxy groups -OCH3 is 1. The van der Waals surface area contributed by atoms with Gasteiger partial charge < -0.3 is 24.8 Å². The van der Waals surface area contributed by atoms with E-state index in [-0.39, 0.29) is 17.6 Å². The lowest BCUT2D eigenvalue weighted by atomic mass is 10.3. The first kappa shape index (κ1) is 25.2. The van der Waals surface area contributed by atoms with Crippen molar-refractivity contribution in [2.75, 3.05) is 56.8 Å². The molecule has 0 radical (unpaired) electrons. The number of nitrogens with zero attached hydrogens (tertiary/aromatic N) is 1. The maximum atomic E-state index is 11.7. The Morgan fingerprint density at radius 1 is 1.14 bits per heavy atom. The minimum absolute atomic E-state index is 0.0610. The van der Waals surface area contributed by atoms with Crippen LogP contribution in [0.5, 0.6) is 5.75 Å². The van der Waals surface area contributed by atoms with Gasteiger partial charge in [-0.05, 0) is 44.5 Å². The maximum Gasteiger partial charge on any atom is 0.195 e. The van der Waals surface area contributed by atoms with Crippen LogP contribution in [0.15, 0.2) is 29.3 Å². The Balaban J connectivity index is 2.62. The Morgan fingerprint density at radius 2 is 1.86 bits per heavy atom. The van der Waals surface area contributed by atoms with Crippen molar-refractivity contribution in [2.24, 2.45) is 4.99 Å². The topological polar surface area (TPSA) is 98.3 Å². The van der Waals surface area contributed by atoms with E-state index >= 15 is 0 Å². The Hall–Kier alpha value is -1.84. The minimum atomic E-state index is -3.04. The second kappa shape index (κ2) is 14.2. The lowest BCUT2D eigenvalue weighted by Gasteiger charge is -2.14. The van der Waals surface area contributed by atoms with Gasteiger partial charge in [0.25, 0.3) is 0 Å². The zero-order valence-corrected chi connectivity index (χ0v) is 18.8. The van der Waals surface area contributed by atoms with Crippen molar-refractivity contribution in [3.8, 4) is 5.75 Å². The summed E-state index contributed by atoms with van der Waals surface area (Å²) < 4.78 is 39.4. The summed E-state index contributed by atoms with van der Waals surface area (Å²) in [5.41, 5.74) is 0.835. The number of aliphatic imine (C=N–C) groups is 1. The van der Waals surface area contributed by atoms with Crippen LogP contribution in [0.3, 0.4) is 0 Å². The summed E-state index contributed by atoms with van der Waals surface area (Å²) in [6.07, 6.45) is 0.865. The molecule has 0 bridgehead atoms. The summed E-state index contributed by atoms with van der Waals surface area (Å²) in [6, 6.07) is 7.55. The van der Waals surface area contributed by atoms with Gasteiger partial charge in [-0.3, -0.25) is 4.99 Å². The highest BCUT2D eigenvalue weighted by molar-refractivity contribution is 7.91. The van der Waals surface area contributed by atoms with E-state index in [0.29, 0.717) is 38.9 Å². The smallest absolute Gasteiger partial charge is 0.195 e. The fraction of sp³-hybridized carbons (Fsp3) is 0.650. The third kappa shape index (κ3) is 12.4.